The van der Waals surface area contributed by atoms with E-state index in [1.54, 1.807) is 30.7 Å². The molecule has 0 bridgehead atoms. The van der Waals surface area contributed by atoms with E-state index in [-0.39, 0.29) is 5.91 Å². The normalized spacial score (nSPS) is 15.1. The fourth-order valence-corrected chi connectivity index (χ4v) is 2.37. The average molecular weight is 313 g/mol. The van der Waals surface area contributed by atoms with Gasteiger partial charge in [0.2, 0.25) is 0 Å². The van der Waals surface area contributed by atoms with Crippen LogP contribution in [0.1, 0.15) is 15.9 Å². The Morgan fingerprint density at radius 1 is 1.17 bits per heavy atom. The lowest BCUT2D eigenvalue weighted by molar-refractivity contribution is 0.0342. The Balaban J connectivity index is 1.62. The number of hydrazine groups is 1. The SMILES string of the molecule is O=C(NNc1ncccc1CN1CCOCC1)c1ccncc1. The molecule has 3 heterocycles. The molecule has 23 heavy (non-hydrogen) atoms. The molecule has 0 saturated carbocycles. The number of amides is 1. The van der Waals surface area contributed by atoms with Gasteiger partial charge in [-0.1, -0.05) is 6.07 Å². The van der Waals surface area contributed by atoms with Crippen molar-refractivity contribution in [2.24, 2.45) is 0 Å². The topological polar surface area (TPSA) is 79.4 Å². The predicted octanol–water partition coefficient (Wildman–Crippen LogP) is 1.07. The highest BCUT2D eigenvalue weighted by molar-refractivity contribution is 5.94. The zero-order valence-electron chi connectivity index (χ0n) is 12.7. The highest BCUT2D eigenvalue weighted by Crippen LogP contribution is 2.14. The first-order valence-corrected chi connectivity index (χ1v) is 7.53. The van der Waals surface area contributed by atoms with E-state index >= 15 is 0 Å². The Morgan fingerprint density at radius 2 is 1.96 bits per heavy atom. The van der Waals surface area contributed by atoms with Crippen molar-refractivity contribution in [1.82, 2.24) is 20.3 Å². The fourth-order valence-electron chi connectivity index (χ4n) is 2.37. The maximum absolute atomic E-state index is 12.1. The van der Waals surface area contributed by atoms with E-state index in [0.29, 0.717) is 11.4 Å². The van der Waals surface area contributed by atoms with Gasteiger partial charge in [-0.2, -0.15) is 0 Å². The molecule has 0 spiro atoms. The minimum Gasteiger partial charge on any atom is -0.379 e. The van der Waals surface area contributed by atoms with Crippen LogP contribution in [0.4, 0.5) is 5.82 Å². The Labute approximate surface area is 134 Å². The molecule has 2 N–H and O–H groups in total. The standard InChI is InChI=1S/C16H19N5O2/c22-16(13-3-6-17-7-4-13)20-19-15-14(2-1-5-18-15)12-21-8-10-23-11-9-21/h1-7H,8-12H2,(H,18,19)(H,20,22). The smallest absolute Gasteiger partial charge is 0.269 e. The van der Waals surface area contributed by atoms with Crippen molar-refractivity contribution in [3.05, 3.63) is 54.0 Å². The lowest BCUT2D eigenvalue weighted by atomic mass is 10.2. The molecule has 3 rings (SSSR count). The first-order chi connectivity index (χ1) is 11.3. The highest BCUT2D eigenvalue weighted by atomic mass is 16.5. The zero-order valence-corrected chi connectivity index (χ0v) is 12.7. The minimum absolute atomic E-state index is 0.227. The summed E-state index contributed by atoms with van der Waals surface area (Å²) in [6.45, 7) is 4.07. The van der Waals surface area contributed by atoms with E-state index in [1.807, 2.05) is 12.1 Å². The number of hydrogen-bond donors (Lipinski definition) is 2. The van der Waals surface area contributed by atoms with Crippen LogP contribution in [0.5, 0.6) is 0 Å². The molecule has 1 aliphatic heterocycles. The number of nitrogens with zero attached hydrogens (tertiary/aromatic N) is 3. The molecule has 0 unspecified atom stereocenters. The number of nitrogens with one attached hydrogen (secondary N) is 2. The highest BCUT2D eigenvalue weighted by Gasteiger charge is 2.13. The minimum atomic E-state index is -0.227. The molecule has 2 aromatic rings. The van der Waals surface area contributed by atoms with Crippen molar-refractivity contribution in [1.29, 1.82) is 0 Å². The Kier molecular flexibility index (Phi) is 5.13. The van der Waals surface area contributed by atoms with Gasteiger partial charge >= 0.3 is 0 Å². The molecular weight excluding hydrogens is 294 g/mol. The molecular formula is C16H19N5O2. The number of rotatable bonds is 5. The zero-order chi connectivity index (χ0) is 15.9. The second kappa shape index (κ2) is 7.66. The lowest BCUT2D eigenvalue weighted by Gasteiger charge is -2.27. The van der Waals surface area contributed by atoms with Gasteiger partial charge in [-0.25, -0.2) is 4.98 Å². The number of hydrogen-bond acceptors (Lipinski definition) is 6. The third kappa shape index (κ3) is 4.24. The predicted molar refractivity (Wildman–Crippen MR) is 85.7 cm³/mol. The Bertz CT molecular complexity index is 644. The second-order valence-corrected chi connectivity index (χ2v) is 5.21. The van der Waals surface area contributed by atoms with Gasteiger partial charge in [0, 0.05) is 49.4 Å². The summed E-state index contributed by atoms with van der Waals surface area (Å²) < 4.78 is 5.36. The van der Waals surface area contributed by atoms with E-state index < -0.39 is 0 Å². The first kappa shape index (κ1) is 15.4. The van der Waals surface area contributed by atoms with Gasteiger partial charge in [0.25, 0.3) is 5.91 Å². The molecule has 1 fully saturated rings. The summed E-state index contributed by atoms with van der Waals surface area (Å²) in [5, 5.41) is 0. The molecule has 2 aromatic heterocycles. The van der Waals surface area contributed by atoms with Crippen LogP contribution in [0.15, 0.2) is 42.9 Å². The summed E-state index contributed by atoms with van der Waals surface area (Å²) >= 11 is 0. The van der Waals surface area contributed by atoms with E-state index in [2.05, 4.69) is 25.7 Å². The first-order valence-electron chi connectivity index (χ1n) is 7.53. The van der Waals surface area contributed by atoms with Crippen LogP contribution in [-0.2, 0) is 11.3 Å². The van der Waals surface area contributed by atoms with Crippen molar-refractivity contribution in [2.75, 3.05) is 31.7 Å². The van der Waals surface area contributed by atoms with Crippen LogP contribution >= 0.6 is 0 Å². The Hall–Kier alpha value is -2.51. The molecule has 120 valence electrons. The van der Waals surface area contributed by atoms with E-state index in [4.69, 9.17) is 4.74 Å². The van der Waals surface area contributed by atoms with E-state index in [0.717, 1.165) is 38.4 Å². The van der Waals surface area contributed by atoms with Gasteiger partial charge in [0.15, 0.2) is 0 Å². The van der Waals surface area contributed by atoms with E-state index in [9.17, 15) is 4.79 Å². The number of pyridine rings is 2. The molecule has 0 atom stereocenters. The number of morpholine rings is 1. The molecule has 0 aliphatic carbocycles. The summed E-state index contributed by atoms with van der Waals surface area (Å²) in [6.07, 6.45) is 4.86. The summed E-state index contributed by atoms with van der Waals surface area (Å²) in [5.41, 5.74) is 7.15. The molecule has 1 saturated heterocycles. The van der Waals surface area contributed by atoms with Gasteiger partial charge < -0.3 is 4.74 Å². The van der Waals surface area contributed by atoms with Crippen LogP contribution in [0.2, 0.25) is 0 Å². The van der Waals surface area contributed by atoms with Gasteiger partial charge in [0.1, 0.15) is 5.82 Å². The summed E-state index contributed by atoms with van der Waals surface area (Å²) in [7, 11) is 0. The maximum atomic E-state index is 12.1. The number of anilines is 1. The van der Waals surface area contributed by atoms with Crippen molar-refractivity contribution in [3.8, 4) is 0 Å². The second-order valence-electron chi connectivity index (χ2n) is 5.21. The van der Waals surface area contributed by atoms with Gasteiger partial charge in [0.05, 0.1) is 13.2 Å². The van der Waals surface area contributed by atoms with Crippen molar-refractivity contribution in [3.63, 3.8) is 0 Å². The number of carbonyl (C=O) groups is 1. The van der Waals surface area contributed by atoms with Crippen LogP contribution in [-0.4, -0.2) is 47.1 Å². The molecule has 7 heteroatoms. The van der Waals surface area contributed by atoms with Crippen molar-refractivity contribution in [2.45, 2.75) is 6.54 Å². The van der Waals surface area contributed by atoms with Crippen LogP contribution in [0.25, 0.3) is 0 Å². The summed E-state index contributed by atoms with van der Waals surface area (Å²) in [4.78, 5) is 22.6. The third-order valence-electron chi connectivity index (χ3n) is 3.63. The van der Waals surface area contributed by atoms with Crippen LogP contribution in [0, 0.1) is 0 Å². The molecule has 1 aliphatic rings. The molecule has 0 aromatic carbocycles. The number of carbonyl (C=O) groups excluding carboxylic acids is 1. The number of aromatic nitrogens is 2. The van der Waals surface area contributed by atoms with Crippen molar-refractivity contribution < 1.29 is 9.53 Å². The largest absolute Gasteiger partial charge is 0.379 e. The van der Waals surface area contributed by atoms with Crippen molar-refractivity contribution >= 4 is 11.7 Å². The monoisotopic (exact) mass is 313 g/mol. The quantitative estimate of drug-likeness (QED) is 0.804. The summed E-state index contributed by atoms with van der Waals surface area (Å²) in [5.74, 6) is 0.428. The number of ether oxygens (including phenoxy) is 1. The molecule has 7 nitrogen and oxygen atoms in total. The third-order valence-corrected chi connectivity index (χ3v) is 3.63. The Morgan fingerprint density at radius 3 is 2.74 bits per heavy atom. The maximum Gasteiger partial charge on any atom is 0.269 e. The van der Waals surface area contributed by atoms with E-state index in [1.165, 1.54) is 0 Å². The van der Waals surface area contributed by atoms with Gasteiger partial charge in [-0.05, 0) is 18.2 Å². The lowest BCUT2D eigenvalue weighted by Crippen LogP contribution is -2.36. The molecule has 0 radical (unpaired) electrons. The average Bonchev–Trinajstić information content (AvgIpc) is 2.62. The molecule has 1 amide bonds. The van der Waals surface area contributed by atoms with Gasteiger partial charge in [-0.3, -0.25) is 25.5 Å². The fraction of sp³-hybridized carbons (Fsp3) is 0.312. The van der Waals surface area contributed by atoms with Crippen LogP contribution in [0.3, 0.4) is 0 Å². The van der Waals surface area contributed by atoms with Gasteiger partial charge in [-0.15, -0.1) is 0 Å². The van der Waals surface area contributed by atoms with Crippen LogP contribution < -0.4 is 10.9 Å². The summed E-state index contributed by atoms with van der Waals surface area (Å²) in [6, 6.07) is 7.21.